The number of ether oxygens (including phenoxy) is 1. The average Bonchev–Trinajstić information content (AvgIpc) is 2.85. The number of alkyl halides is 4. The van der Waals surface area contributed by atoms with Crippen LogP contribution in [0.15, 0.2) is 30.6 Å². The molecular weight excluding hydrogens is 502 g/mol. The fourth-order valence-electron chi connectivity index (χ4n) is 5.03. The van der Waals surface area contributed by atoms with Gasteiger partial charge in [-0.1, -0.05) is 19.9 Å². The molecule has 1 amide bonds. The summed E-state index contributed by atoms with van der Waals surface area (Å²) in [6, 6.07) is 2.84. The summed E-state index contributed by atoms with van der Waals surface area (Å²) in [5.41, 5.74) is 5.48. The molecule has 210 valence electrons. The predicted molar refractivity (Wildman–Crippen MR) is 138 cm³/mol. The maximum Gasteiger partial charge on any atom is 0.416 e. The van der Waals surface area contributed by atoms with E-state index in [1.165, 1.54) is 25.4 Å². The number of anilines is 2. The smallest absolute Gasteiger partial charge is 0.416 e. The van der Waals surface area contributed by atoms with Gasteiger partial charge in [0, 0.05) is 24.7 Å². The third-order valence-corrected chi connectivity index (χ3v) is 6.88. The van der Waals surface area contributed by atoms with Gasteiger partial charge in [-0.2, -0.15) is 13.2 Å². The molecule has 2 unspecified atom stereocenters. The van der Waals surface area contributed by atoms with Crippen molar-refractivity contribution in [2.24, 2.45) is 0 Å². The second kappa shape index (κ2) is 12.2. The first-order valence-electron chi connectivity index (χ1n) is 13.0. The molecule has 1 aliphatic heterocycles. The Labute approximate surface area is 221 Å². The van der Waals surface area contributed by atoms with Crippen molar-refractivity contribution in [3.05, 3.63) is 47.3 Å². The van der Waals surface area contributed by atoms with Gasteiger partial charge in [0.15, 0.2) is 0 Å². The van der Waals surface area contributed by atoms with Gasteiger partial charge in [-0.05, 0) is 69.7 Å². The summed E-state index contributed by atoms with van der Waals surface area (Å²) < 4.78 is 60.6. The van der Waals surface area contributed by atoms with Gasteiger partial charge in [-0.25, -0.2) is 19.2 Å². The molecule has 2 heterocycles. The molecule has 1 aromatic carbocycles. The Bertz CT molecular complexity index is 1060. The van der Waals surface area contributed by atoms with Gasteiger partial charge in [0.25, 0.3) is 0 Å². The fraction of sp³-hybridized carbons (Fsp3) is 0.593. The number of rotatable bonds is 8. The molecule has 1 saturated heterocycles. The third kappa shape index (κ3) is 7.05. The van der Waals surface area contributed by atoms with Gasteiger partial charge in [0.1, 0.15) is 6.17 Å². The minimum Gasteiger partial charge on any atom is -0.447 e. The van der Waals surface area contributed by atoms with Crippen molar-refractivity contribution in [1.82, 2.24) is 14.9 Å². The number of carbonyl (C=O) groups excluding carboxylic acids is 1. The minimum absolute atomic E-state index is 0.0293. The summed E-state index contributed by atoms with van der Waals surface area (Å²) in [4.78, 5) is 25.3. The standard InChI is InChI=1S/C27H37F4N5O2/c1-6-22-11-24(12-23(7-2)36(22)26(37)38-16(3)4)35(25-33-13-21(32)14-34-25)15-18-8-19(17(5)28)10-20(9-18)27(29,30)31/h8-10,13-14,16-17,22-24H,6-7,11-12,15,32H2,1-5H3/t17?,22-,23+,24?. The summed E-state index contributed by atoms with van der Waals surface area (Å²) in [7, 11) is 0. The summed E-state index contributed by atoms with van der Waals surface area (Å²) >= 11 is 0. The van der Waals surface area contributed by atoms with Crippen molar-refractivity contribution >= 4 is 17.7 Å². The van der Waals surface area contributed by atoms with E-state index in [4.69, 9.17) is 10.5 Å². The van der Waals surface area contributed by atoms with E-state index in [-0.39, 0.29) is 42.4 Å². The molecule has 0 radical (unpaired) electrons. The Kier molecular flexibility index (Phi) is 9.43. The SMILES string of the molecule is CC[C@@H]1CC(N(Cc2cc(C(C)F)cc(C(F)(F)F)c2)c2ncc(N)cn2)C[C@H](CC)N1C(=O)OC(C)C. The monoisotopic (exact) mass is 539 g/mol. The zero-order valence-electron chi connectivity index (χ0n) is 22.5. The van der Waals surface area contributed by atoms with E-state index < -0.39 is 17.9 Å². The highest BCUT2D eigenvalue weighted by molar-refractivity contribution is 5.69. The Morgan fingerprint density at radius 2 is 1.68 bits per heavy atom. The molecule has 1 aromatic heterocycles. The third-order valence-electron chi connectivity index (χ3n) is 6.88. The van der Waals surface area contributed by atoms with Crippen LogP contribution in [0.4, 0.5) is 34.0 Å². The van der Waals surface area contributed by atoms with Crippen LogP contribution in [-0.4, -0.2) is 45.2 Å². The highest BCUT2D eigenvalue weighted by Crippen LogP contribution is 2.36. The second-order valence-electron chi connectivity index (χ2n) is 10.1. The zero-order chi connectivity index (χ0) is 28.2. The van der Waals surface area contributed by atoms with E-state index in [0.717, 1.165) is 12.1 Å². The van der Waals surface area contributed by atoms with Crippen molar-refractivity contribution in [2.45, 2.75) is 103 Å². The average molecular weight is 540 g/mol. The molecule has 2 aromatic rings. The van der Waals surface area contributed by atoms with Gasteiger partial charge in [0.05, 0.1) is 29.7 Å². The van der Waals surface area contributed by atoms with Crippen LogP contribution in [0.25, 0.3) is 0 Å². The number of nitrogens with two attached hydrogens (primary N) is 1. The summed E-state index contributed by atoms with van der Waals surface area (Å²) in [6.45, 7) is 8.82. The molecule has 4 atom stereocenters. The number of benzene rings is 1. The van der Waals surface area contributed by atoms with Crippen LogP contribution in [0.1, 0.15) is 83.2 Å². The number of halogens is 4. The maximum absolute atomic E-state index is 14.2. The van der Waals surface area contributed by atoms with Crippen LogP contribution in [0, 0.1) is 0 Å². The molecule has 0 spiro atoms. The van der Waals surface area contributed by atoms with E-state index in [2.05, 4.69) is 9.97 Å². The van der Waals surface area contributed by atoms with Crippen LogP contribution in [0.2, 0.25) is 0 Å². The van der Waals surface area contributed by atoms with Crippen LogP contribution < -0.4 is 10.6 Å². The van der Waals surface area contributed by atoms with E-state index in [1.807, 2.05) is 18.7 Å². The highest BCUT2D eigenvalue weighted by Gasteiger charge is 2.41. The number of hydrogen-bond donors (Lipinski definition) is 1. The van der Waals surface area contributed by atoms with Crippen LogP contribution in [0.5, 0.6) is 0 Å². The molecular formula is C27H37F4N5O2. The van der Waals surface area contributed by atoms with Gasteiger partial charge < -0.3 is 20.3 Å². The largest absolute Gasteiger partial charge is 0.447 e. The van der Waals surface area contributed by atoms with Crippen molar-refractivity contribution in [2.75, 3.05) is 10.6 Å². The van der Waals surface area contributed by atoms with Gasteiger partial charge >= 0.3 is 12.3 Å². The van der Waals surface area contributed by atoms with E-state index in [1.54, 1.807) is 18.7 Å². The van der Waals surface area contributed by atoms with Gasteiger partial charge in [0.2, 0.25) is 5.95 Å². The Morgan fingerprint density at radius 1 is 1.11 bits per heavy atom. The van der Waals surface area contributed by atoms with Crippen molar-refractivity contribution in [1.29, 1.82) is 0 Å². The number of aromatic nitrogens is 2. The van der Waals surface area contributed by atoms with E-state index in [9.17, 15) is 22.4 Å². The first-order valence-corrected chi connectivity index (χ1v) is 13.0. The lowest BCUT2D eigenvalue weighted by Crippen LogP contribution is -2.57. The van der Waals surface area contributed by atoms with Crippen molar-refractivity contribution in [3.8, 4) is 0 Å². The summed E-state index contributed by atoms with van der Waals surface area (Å²) in [6.07, 6.45) is -1.51. The number of amides is 1. The van der Waals surface area contributed by atoms with Crippen LogP contribution in [0.3, 0.4) is 0 Å². The normalized spacial score (nSPS) is 20.9. The molecule has 2 N–H and O–H groups in total. The minimum atomic E-state index is -4.62. The molecule has 1 aliphatic rings. The van der Waals surface area contributed by atoms with Gasteiger partial charge in [-0.15, -0.1) is 0 Å². The first kappa shape index (κ1) is 29.4. The first-order chi connectivity index (χ1) is 17.8. The summed E-state index contributed by atoms with van der Waals surface area (Å²) in [5, 5.41) is 0. The number of carbonyl (C=O) groups is 1. The number of likely N-dealkylation sites (tertiary alicyclic amines) is 1. The summed E-state index contributed by atoms with van der Waals surface area (Å²) in [5.74, 6) is 0.305. The Balaban J connectivity index is 2.02. The molecule has 0 saturated carbocycles. The molecule has 0 bridgehead atoms. The fourth-order valence-corrected chi connectivity index (χ4v) is 5.03. The molecule has 1 fully saturated rings. The quantitative estimate of drug-likeness (QED) is 0.377. The van der Waals surface area contributed by atoms with E-state index >= 15 is 0 Å². The lowest BCUT2D eigenvalue weighted by molar-refractivity contribution is -0.137. The number of hydrogen-bond acceptors (Lipinski definition) is 6. The molecule has 0 aliphatic carbocycles. The van der Waals surface area contributed by atoms with Crippen molar-refractivity contribution < 1.29 is 27.1 Å². The Morgan fingerprint density at radius 3 is 2.16 bits per heavy atom. The maximum atomic E-state index is 14.2. The second-order valence-corrected chi connectivity index (χ2v) is 10.1. The van der Waals surface area contributed by atoms with E-state index in [0.29, 0.717) is 42.9 Å². The lowest BCUT2D eigenvalue weighted by Gasteiger charge is -2.47. The number of piperidine rings is 1. The molecule has 3 rings (SSSR count). The zero-order valence-corrected chi connectivity index (χ0v) is 22.5. The molecule has 38 heavy (non-hydrogen) atoms. The van der Waals surface area contributed by atoms with Crippen LogP contribution in [-0.2, 0) is 17.5 Å². The predicted octanol–water partition coefficient (Wildman–Crippen LogP) is 6.68. The number of nitrogen functional groups attached to an aromatic ring is 1. The lowest BCUT2D eigenvalue weighted by atomic mass is 9.87. The van der Waals surface area contributed by atoms with Gasteiger partial charge in [-0.3, -0.25) is 0 Å². The number of nitrogens with zero attached hydrogens (tertiary/aromatic N) is 4. The Hall–Kier alpha value is -3.11. The molecule has 11 heteroatoms. The van der Waals surface area contributed by atoms with Crippen LogP contribution >= 0.6 is 0 Å². The topological polar surface area (TPSA) is 84.6 Å². The van der Waals surface area contributed by atoms with Crippen molar-refractivity contribution in [3.63, 3.8) is 0 Å². The molecule has 7 nitrogen and oxygen atoms in total. The highest BCUT2D eigenvalue weighted by atomic mass is 19.4.